The van der Waals surface area contributed by atoms with Crippen LogP contribution in [-0.2, 0) is 0 Å². The molecule has 0 spiro atoms. The van der Waals surface area contributed by atoms with E-state index in [4.69, 9.17) is 4.42 Å². The van der Waals surface area contributed by atoms with E-state index < -0.39 is 0 Å². The molecule has 0 bridgehead atoms. The summed E-state index contributed by atoms with van der Waals surface area (Å²) < 4.78 is 6.22. The highest BCUT2D eigenvalue weighted by Gasteiger charge is 2.15. The van der Waals surface area contributed by atoms with E-state index in [1.807, 2.05) is 37.3 Å². The number of nitrogens with zero attached hydrogens (tertiary/aromatic N) is 3. The second-order valence-electron chi connectivity index (χ2n) is 7.11. The van der Waals surface area contributed by atoms with Crippen molar-refractivity contribution in [2.24, 2.45) is 4.99 Å². The van der Waals surface area contributed by atoms with E-state index >= 15 is 0 Å². The molecule has 4 rings (SSSR count). The second-order valence-corrected chi connectivity index (χ2v) is 7.11. The number of rotatable bonds is 4. The molecule has 4 heteroatoms. The molecule has 0 aliphatic carbocycles. The van der Waals surface area contributed by atoms with Crippen molar-refractivity contribution in [1.29, 1.82) is 0 Å². The molecule has 0 N–H and O–H groups in total. The third-order valence-corrected chi connectivity index (χ3v) is 4.98. The molecule has 3 heterocycles. The van der Waals surface area contributed by atoms with Gasteiger partial charge in [-0.25, -0.2) is 4.98 Å². The Balaban J connectivity index is 1.92. The minimum atomic E-state index is 0.679. The summed E-state index contributed by atoms with van der Waals surface area (Å²) >= 11 is 0. The van der Waals surface area contributed by atoms with Crippen molar-refractivity contribution in [3.8, 4) is 0 Å². The molecule has 0 aliphatic rings. The van der Waals surface area contributed by atoms with Crippen molar-refractivity contribution in [2.75, 3.05) is 7.05 Å². The summed E-state index contributed by atoms with van der Waals surface area (Å²) in [5, 5.41) is 2.12. The number of benzene rings is 1. The summed E-state index contributed by atoms with van der Waals surface area (Å²) in [5.41, 5.74) is 7.75. The van der Waals surface area contributed by atoms with E-state index in [0.29, 0.717) is 5.71 Å². The van der Waals surface area contributed by atoms with E-state index in [2.05, 4.69) is 53.1 Å². The smallest absolute Gasteiger partial charge is 0.227 e. The zero-order valence-electron chi connectivity index (χ0n) is 17.1. The van der Waals surface area contributed by atoms with Crippen LogP contribution in [0.3, 0.4) is 0 Å². The Morgan fingerprint density at radius 2 is 1.86 bits per heavy atom. The van der Waals surface area contributed by atoms with E-state index in [1.54, 1.807) is 19.5 Å². The molecule has 4 nitrogen and oxygen atoms in total. The summed E-state index contributed by atoms with van der Waals surface area (Å²) in [7, 11) is 1.76. The maximum Gasteiger partial charge on any atom is 0.227 e. The SMILES string of the molecule is C/N=C/C=C(\C=C(/C)c1c(C)ccc2c1oc1nc(C)ccc12)c1ccccn1. The van der Waals surface area contributed by atoms with Crippen molar-refractivity contribution >= 4 is 39.4 Å². The van der Waals surface area contributed by atoms with E-state index in [9.17, 15) is 0 Å². The van der Waals surface area contributed by atoms with Crippen molar-refractivity contribution in [3.63, 3.8) is 0 Å². The predicted molar refractivity (Wildman–Crippen MR) is 121 cm³/mol. The number of fused-ring (bicyclic) bond motifs is 3. The van der Waals surface area contributed by atoms with Gasteiger partial charge in [0.05, 0.1) is 5.69 Å². The van der Waals surface area contributed by atoms with Crippen LogP contribution >= 0.6 is 0 Å². The second kappa shape index (κ2) is 7.84. The quantitative estimate of drug-likeness (QED) is 0.313. The van der Waals surface area contributed by atoms with Crippen LogP contribution in [0.1, 0.15) is 29.4 Å². The first kappa shape index (κ1) is 18.8. The lowest BCUT2D eigenvalue weighted by atomic mass is 9.96. The van der Waals surface area contributed by atoms with Gasteiger partial charge in [0, 0.05) is 47.1 Å². The van der Waals surface area contributed by atoms with Gasteiger partial charge in [-0.05, 0) is 68.3 Å². The Kier molecular flexibility index (Phi) is 5.09. The van der Waals surface area contributed by atoms with Gasteiger partial charge in [0.1, 0.15) is 5.58 Å². The van der Waals surface area contributed by atoms with Gasteiger partial charge in [0.15, 0.2) is 0 Å². The van der Waals surface area contributed by atoms with E-state index in [-0.39, 0.29) is 0 Å². The van der Waals surface area contributed by atoms with Gasteiger partial charge in [-0.1, -0.05) is 18.2 Å². The molecule has 3 aromatic heterocycles. The third kappa shape index (κ3) is 3.61. The van der Waals surface area contributed by atoms with Gasteiger partial charge in [0.2, 0.25) is 5.71 Å². The van der Waals surface area contributed by atoms with E-state index in [1.165, 1.54) is 0 Å². The van der Waals surface area contributed by atoms with Gasteiger partial charge in [-0.3, -0.25) is 9.98 Å². The summed E-state index contributed by atoms with van der Waals surface area (Å²) in [6.07, 6.45) is 7.70. The van der Waals surface area contributed by atoms with Gasteiger partial charge in [-0.15, -0.1) is 0 Å². The van der Waals surface area contributed by atoms with Crippen LogP contribution in [0.5, 0.6) is 0 Å². The average molecular weight is 381 g/mol. The minimum Gasteiger partial charge on any atom is -0.437 e. The zero-order chi connectivity index (χ0) is 20.4. The monoisotopic (exact) mass is 381 g/mol. The Hall–Kier alpha value is -3.53. The van der Waals surface area contributed by atoms with Crippen LogP contribution < -0.4 is 0 Å². The Bertz CT molecular complexity index is 1280. The van der Waals surface area contributed by atoms with Gasteiger partial charge in [0.25, 0.3) is 0 Å². The molecule has 0 saturated carbocycles. The molecule has 4 aromatic rings. The van der Waals surface area contributed by atoms with Crippen LogP contribution in [0.15, 0.2) is 70.2 Å². The van der Waals surface area contributed by atoms with Gasteiger partial charge < -0.3 is 4.42 Å². The number of aryl methyl sites for hydroxylation is 2. The van der Waals surface area contributed by atoms with Crippen LogP contribution in [0.2, 0.25) is 0 Å². The first-order valence-electron chi connectivity index (χ1n) is 9.60. The van der Waals surface area contributed by atoms with Crippen LogP contribution in [0, 0.1) is 13.8 Å². The molecule has 0 radical (unpaired) electrons. The molecular weight excluding hydrogens is 358 g/mol. The Morgan fingerprint density at radius 3 is 2.62 bits per heavy atom. The fourth-order valence-corrected chi connectivity index (χ4v) is 3.60. The van der Waals surface area contributed by atoms with Crippen molar-refractivity contribution in [3.05, 3.63) is 83.3 Å². The minimum absolute atomic E-state index is 0.679. The molecule has 0 unspecified atom stereocenters. The molecular formula is C25H23N3O. The summed E-state index contributed by atoms with van der Waals surface area (Å²) in [5.74, 6) is 0. The predicted octanol–water partition coefficient (Wildman–Crippen LogP) is 6.18. The van der Waals surface area contributed by atoms with Crippen LogP contribution in [-0.4, -0.2) is 23.2 Å². The maximum atomic E-state index is 6.22. The molecule has 144 valence electrons. The van der Waals surface area contributed by atoms with Crippen molar-refractivity contribution in [2.45, 2.75) is 20.8 Å². The zero-order valence-corrected chi connectivity index (χ0v) is 17.1. The normalized spacial score (nSPS) is 13.1. The number of furan rings is 1. The van der Waals surface area contributed by atoms with Crippen LogP contribution in [0.25, 0.3) is 33.2 Å². The highest BCUT2D eigenvalue weighted by atomic mass is 16.3. The van der Waals surface area contributed by atoms with E-state index in [0.717, 1.165) is 50.0 Å². The fraction of sp³-hybridized carbons (Fsp3) is 0.160. The lowest BCUT2D eigenvalue weighted by Gasteiger charge is -2.09. The highest BCUT2D eigenvalue weighted by molar-refractivity contribution is 6.08. The summed E-state index contributed by atoms with van der Waals surface area (Å²) in [4.78, 5) is 13.2. The fourth-order valence-electron chi connectivity index (χ4n) is 3.60. The first-order valence-corrected chi connectivity index (χ1v) is 9.60. The lowest BCUT2D eigenvalue weighted by molar-refractivity contribution is 0.651. The van der Waals surface area contributed by atoms with Crippen molar-refractivity contribution < 1.29 is 4.42 Å². The largest absolute Gasteiger partial charge is 0.437 e. The Morgan fingerprint density at radius 1 is 1.03 bits per heavy atom. The van der Waals surface area contributed by atoms with Gasteiger partial charge in [-0.2, -0.15) is 0 Å². The third-order valence-electron chi connectivity index (χ3n) is 4.98. The molecule has 0 fully saturated rings. The first-order chi connectivity index (χ1) is 14.1. The maximum absolute atomic E-state index is 6.22. The molecule has 29 heavy (non-hydrogen) atoms. The lowest BCUT2D eigenvalue weighted by Crippen LogP contribution is -1.91. The topological polar surface area (TPSA) is 51.3 Å². The average Bonchev–Trinajstić information content (AvgIpc) is 3.08. The molecule has 0 atom stereocenters. The number of hydrogen-bond acceptors (Lipinski definition) is 4. The number of aliphatic imine (C=N–C) groups is 1. The molecule has 0 amide bonds. The molecule has 0 saturated heterocycles. The molecule has 0 aliphatic heterocycles. The molecule has 1 aromatic carbocycles. The van der Waals surface area contributed by atoms with Crippen LogP contribution in [0.4, 0.5) is 0 Å². The summed E-state index contributed by atoms with van der Waals surface area (Å²) in [6, 6.07) is 14.3. The Labute approximate surface area is 170 Å². The number of aromatic nitrogens is 2. The van der Waals surface area contributed by atoms with Gasteiger partial charge >= 0.3 is 0 Å². The summed E-state index contributed by atoms with van der Waals surface area (Å²) in [6.45, 7) is 6.19. The number of allylic oxidation sites excluding steroid dienone is 4. The number of pyridine rings is 2. The number of hydrogen-bond donors (Lipinski definition) is 0. The van der Waals surface area contributed by atoms with Crippen molar-refractivity contribution in [1.82, 2.24) is 9.97 Å². The highest BCUT2D eigenvalue weighted by Crippen LogP contribution is 2.35. The standard InChI is InChI=1S/C25H23N3O/c1-16-8-10-20-21-11-9-18(3)28-25(21)29-24(20)23(16)17(2)15-19(12-14-26-4)22-7-5-6-13-27-22/h5-15H,1-4H3/b17-15+,19-12+,26-14+.